The number of carboxylic acids is 1. The molecule has 0 saturated carbocycles. The lowest BCUT2D eigenvalue weighted by Crippen LogP contribution is -2.20. The third kappa shape index (κ3) is 8.50. The molecule has 0 radical (unpaired) electrons. The van der Waals surface area contributed by atoms with E-state index in [2.05, 4.69) is 36.4 Å². The van der Waals surface area contributed by atoms with E-state index >= 15 is 0 Å². The molecular weight excluding hydrogens is 482 g/mol. The summed E-state index contributed by atoms with van der Waals surface area (Å²) in [4.78, 5) is 28.1. The zero-order valence-corrected chi connectivity index (χ0v) is 22.5. The Morgan fingerprint density at radius 1 is 0.974 bits per heavy atom. The molecule has 202 valence electrons. The van der Waals surface area contributed by atoms with Crippen LogP contribution in [0, 0.1) is 5.92 Å². The number of benzene rings is 2. The van der Waals surface area contributed by atoms with Crippen LogP contribution >= 0.6 is 0 Å². The summed E-state index contributed by atoms with van der Waals surface area (Å²) in [5, 5.41) is 14.7. The first-order valence-electron chi connectivity index (χ1n) is 12.9. The number of urea groups is 1. The summed E-state index contributed by atoms with van der Waals surface area (Å²) in [6.07, 6.45) is 4.48. The number of hydrogen-bond acceptors (Lipinski definition) is 5. The molecule has 8 heteroatoms. The van der Waals surface area contributed by atoms with Gasteiger partial charge in [0.05, 0.1) is 12.5 Å². The molecule has 0 saturated heterocycles. The summed E-state index contributed by atoms with van der Waals surface area (Å²) in [6.45, 7) is 8.73. The molecule has 0 bridgehead atoms. The van der Waals surface area contributed by atoms with Gasteiger partial charge < -0.3 is 25.2 Å². The molecule has 38 heavy (non-hydrogen) atoms. The molecule has 1 aromatic heterocycles. The number of pyridine rings is 1. The smallest absolute Gasteiger partial charge is 0.323 e. The molecule has 0 aliphatic heterocycles. The average Bonchev–Trinajstić information content (AvgIpc) is 2.88. The van der Waals surface area contributed by atoms with E-state index < -0.39 is 12.0 Å². The average molecular weight is 520 g/mol. The Morgan fingerprint density at radius 3 is 2.39 bits per heavy atom. The van der Waals surface area contributed by atoms with Crippen LogP contribution in [-0.2, 0) is 10.2 Å². The number of para-hydroxylation sites is 1. The number of anilines is 2. The van der Waals surface area contributed by atoms with E-state index in [9.17, 15) is 9.59 Å². The number of nitrogens with one attached hydrogen (secondary N) is 2. The maximum absolute atomic E-state index is 12.7. The second-order valence-electron chi connectivity index (χ2n) is 10.1. The number of unbranched alkanes of at least 4 members (excludes halogenated alkanes) is 1. The molecule has 2 aromatic carbocycles. The normalized spacial score (nSPS) is 11.9. The molecule has 3 N–H and O–H groups in total. The minimum Gasteiger partial charge on any atom is -0.494 e. The number of aromatic nitrogens is 1. The highest BCUT2D eigenvalue weighted by molar-refractivity contribution is 6.00. The van der Waals surface area contributed by atoms with Gasteiger partial charge in [-0.15, -0.1) is 0 Å². The summed E-state index contributed by atoms with van der Waals surface area (Å²) in [5.74, 6) is 0.641. The predicted octanol–water partition coefficient (Wildman–Crippen LogP) is 7.48. The summed E-state index contributed by atoms with van der Waals surface area (Å²) in [7, 11) is 0. The molecule has 1 heterocycles. The van der Waals surface area contributed by atoms with E-state index in [0.717, 1.165) is 18.4 Å². The lowest BCUT2D eigenvalue weighted by atomic mass is 9.86. The number of carboxylic acid groups (broad SMARTS) is 1. The molecular formula is C30H37N3O5. The third-order valence-electron chi connectivity index (χ3n) is 6.09. The number of carbonyl (C=O) groups excluding carboxylic acids is 1. The van der Waals surface area contributed by atoms with Gasteiger partial charge in [0, 0.05) is 17.4 Å². The Labute approximate surface area is 224 Å². The van der Waals surface area contributed by atoms with E-state index in [1.54, 1.807) is 42.6 Å². The van der Waals surface area contributed by atoms with Crippen molar-refractivity contribution in [3.8, 4) is 17.4 Å². The fourth-order valence-electron chi connectivity index (χ4n) is 3.95. The highest BCUT2D eigenvalue weighted by Crippen LogP contribution is 2.35. The zero-order valence-electron chi connectivity index (χ0n) is 22.5. The highest BCUT2D eigenvalue weighted by atomic mass is 16.5. The number of aliphatic carboxylic acids is 1. The molecule has 1 unspecified atom stereocenters. The number of amides is 2. The van der Waals surface area contributed by atoms with Gasteiger partial charge in [0.25, 0.3) is 0 Å². The van der Waals surface area contributed by atoms with Gasteiger partial charge in [-0.1, -0.05) is 45.9 Å². The quantitative estimate of drug-likeness (QED) is 0.214. The van der Waals surface area contributed by atoms with Crippen LogP contribution in [0.25, 0.3) is 0 Å². The van der Waals surface area contributed by atoms with Crippen molar-refractivity contribution < 1.29 is 24.2 Å². The van der Waals surface area contributed by atoms with Gasteiger partial charge in [-0.25, -0.2) is 9.78 Å². The molecule has 1 atom stereocenters. The monoisotopic (exact) mass is 519 g/mol. The Kier molecular flexibility index (Phi) is 10.1. The topological polar surface area (TPSA) is 110 Å². The SMILES string of the molecule is CCC(CCCCOc1ccc(NC(=O)Nc2cccnc2Oc2ccccc2C(C)(C)C)cc1)C(=O)O. The second-order valence-corrected chi connectivity index (χ2v) is 10.1. The number of carbonyl (C=O) groups is 2. The third-order valence-corrected chi connectivity index (χ3v) is 6.09. The Hall–Kier alpha value is -4.07. The fraction of sp³-hybridized carbons (Fsp3) is 0.367. The second kappa shape index (κ2) is 13.5. The molecule has 8 nitrogen and oxygen atoms in total. The summed E-state index contributed by atoms with van der Waals surface area (Å²) >= 11 is 0. The first-order chi connectivity index (χ1) is 18.2. The van der Waals surface area contributed by atoms with Crippen LogP contribution in [0.2, 0.25) is 0 Å². The van der Waals surface area contributed by atoms with Gasteiger partial charge in [0.15, 0.2) is 0 Å². The van der Waals surface area contributed by atoms with Crippen molar-refractivity contribution in [2.45, 2.75) is 58.8 Å². The molecule has 2 amide bonds. The number of ether oxygens (including phenoxy) is 2. The van der Waals surface area contributed by atoms with Crippen LogP contribution in [0.1, 0.15) is 58.9 Å². The maximum Gasteiger partial charge on any atom is 0.323 e. The van der Waals surface area contributed by atoms with Crippen molar-refractivity contribution in [2.24, 2.45) is 5.92 Å². The summed E-state index contributed by atoms with van der Waals surface area (Å²) < 4.78 is 11.9. The predicted molar refractivity (Wildman–Crippen MR) is 149 cm³/mol. The zero-order chi connectivity index (χ0) is 27.5. The van der Waals surface area contributed by atoms with Crippen molar-refractivity contribution in [2.75, 3.05) is 17.2 Å². The van der Waals surface area contributed by atoms with Gasteiger partial charge in [-0.05, 0) is 73.6 Å². The first-order valence-corrected chi connectivity index (χ1v) is 12.9. The van der Waals surface area contributed by atoms with Crippen LogP contribution in [0.15, 0.2) is 66.9 Å². The minimum atomic E-state index is -0.737. The number of nitrogens with zero attached hydrogens (tertiary/aromatic N) is 1. The van der Waals surface area contributed by atoms with E-state index in [1.165, 1.54) is 0 Å². The lowest BCUT2D eigenvalue weighted by Gasteiger charge is -2.22. The van der Waals surface area contributed by atoms with Gasteiger partial charge >= 0.3 is 12.0 Å². The van der Waals surface area contributed by atoms with Crippen molar-refractivity contribution in [3.63, 3.8) is 0 Å². The molecule has 3 rings (SSSR count). The summed E-state index contributed by atoms with van der Waals surface area (Å²) in [5.41, 5.74) is 1.97. The standard InChI is InChI=1S/C30H37N3O5/c1-5-21(28(34)35)11-8-9-20-37-23-17-15-22(16-18-23)32-29(36)33-25-13-10-19-31-27(25)38-26-14-7-6-12-24(26)30(2,3)4/h6-7,10,12-19,21H,5,8-9,11,20H2,1-4H3,(H,34,35)(H2,32,33,36). The van der Waals surface area contributed by atoms with Crippen LogP contribution in [0.5, 0.6) is 17.4 Å². The minimum absolute atomic E-state index is 0.120. The first kappa shape index (κ1) is 28.5. The van der Waals surface area contributed by atoms with Crippen molar-refractivity contribution in [1.82, 2.24) is 4.98 Å². The fourth-order valence-corrected chi connectivity index (χ4v) is 3.95. The van der Waals surface area contributed by atoms with E-state index in [-0.39, 0.29) is 11.3 Å². The van der Waals surface area contributed by atoms with Crippen molar-refractivity contribution in [3.05, 3.63) is 72.4 Å². The number of rotatable bonds is 12. The number of hydrogen-bond donors (Lipinski definition) is 3. The van der Waals surface area contributed by atoms with Gasteiger partial charge in [0.2, 0.25) is 5.88 Å². The van der Waals surface area contributed by atoms with Crippen LogP contribution in [0.3, 0.4) is 0 Å². The summed E-state index contributed by atoms with van der Waals surface area (Å²) in [6, 6.07) is 17.9. The molecule has 0 fully saturated rings. The van der Waals surface area contributed by atoms with E-state index in [4.69, 9.17) is 14.6 Å². The molecule has 3 aromatic rings. The maximum atomic E-state index is 12.7. The Bertz CT molecular complexity index is 1210. The van der Waals surface area contributed by atoms with Gasteiger partial charge in [0.1, 0.15) is 17.2 Å². The van der Waals surface area contributed by atoms with E-state index in [0.29, 0.717) is 48.2 Å². The lowest BCUT2D eigenvalue weighted by molar-refractivity contribution is -0.142. The molecule has 0 spiro atoms. The van der Waals surface area contributed by atoms with Crippen molar-refractivity contribution in [1.29, 1.82) is 0 Å². The van der Waals surface area contributed by atoms with Crippen LogP contribution in [0.4, 0.5) is 16.2 Å². The highest BCUT2D eigenvalue weighted by Gasteiger charge is 2.20. The van der Waals surface area contributed by atoms with Gasteiger partial charge in [-0.2, -0.15) is 0 Å². The molecule has 0 aliphatic rings. The largest absolute Gasteiger partial charge is 0.494 e. The van der Waals surface area contributed by atoms with Gasteiger partial charge in [-0.3, -0.25) is 4.79 Å². The van der Waals surface area contributed by atoms with Crippen molar-refractivity contribution >= 4 is 23.4 Å². The molecule has 0 aliphatic carbocycles. The Morgan fingerprint density at radius 2 is 1.71 bits per heavy atom. The Balaban J connectivity index is 1.52. The van der Waals surface area contributed by atoms with Crippen LogP contribution < -0.4 is 20.1 Å². The van der Waals surface area contributed by atoms with E-state index in [1.807, 2.05) is 31.2 Å². The van der Waals surface area contributed by atoms with Crippen LogP contribution in [-0.4, -0.2) is 28.7 Å².